The number of rotatable bonds is 6. The molecule has 0 bridgehead atoms. The van der Waals surface area contributed by atoms with Crippen molar-refractivity contribution in [1.29, 1.82) is 0 Å². The van der Waals surface area contributed by atoms with Crippen LogP contribution in [0, 0.1) is 0 Å². The maximum Gasteiger partial charge on any atom is 0.414 e. The van der Waals surface area contributed by atoms with Crippen molar-refractivity contribution in [1.82, 2.24) is 9.80 Å². The van der Waals surface area contributed by atoms with Crippen LogP contribution < -0.4 is 9.47 Å². The van der Waals surface area contributed by atoms with Gasteiger partial charge in [-0.2, -0.15) is 0 Å². The topological polar surface area (TPSA) is 117 Å². The highest BCUT2D eigenvalue weighted by Gasteiger charge is 2.22. The lowest BCUT2D eigenvalue weighted by atomic mass is 10.0. The first-order valence-corrected chi connectivity index (χ1v) is 11.7. The fourth-order valence-electron chi connectivity index (χ4n) is 3.96. The second-order valence-electron chi connectivity index (χ2n) is 8.31. The van der Waals surface area contributed by atoms with E-state index in [0.717, 1.165) is 60.9 Å². The van der Waals surface area contributed by atoms with Crippen LogP contribution in [0.4, 0.5) is 0 Å². The van der Waals surface area contributed by atoms with E-state index in [4.69, 9.17) is 29.3 Å². The summed E-state index contributed by atoms with van der Waals surface area (Å²) in [7, 11) is 3.29. The Bertz CT molecular complexity index is 1190. The van der Waals surface area contributed by atoms with E-state index in [1.165, 1.54) is 5.56 Å². The Hall–Kier alpha value is -4.37. The summed E-state index contributed by atoms with van der Waals surface area (Å²) in [5.41, 5.74) is 4.20. The van der Waals surface area contributed by atoms with Crippen LogP contribution in [0.15, 0.2) is 72.8 Å². The van der Waals surface area contributed by atoms with Gasteiger partial charge >= 0.3 is 11.9 Å². The van der Waals surface area contributed by atoms with Crippen molar-refractivity contribution in [3.05, 3.63) is 83.9 Å². The minimum atomic E-state index is -1.82. The van der Waals surface area contributed by atoms with Crippen molar-refractivity contribution in [3.63, 3.8) is 0 Å². The maximum atomic E-state index is 12.9. The van der Waals surface area contributed by atoms with Crippen LogP contribution in [0.25, 0.3) is 11.1 Å². The van der Waals surface area contributed by atoms with Crippen LogP contribution in [0.3, 0.4) is 0 Å². The molecule has 0 aliphatic carbocycles. The van der Waals surface area contributed by atoms with Crippen molar-refractivity contribution in [3.8, 4) is 22.6 Å². The molecule has 1 aliphatic rings. The Morgan fingerprint density at radius 1 is 0.730 bits per heavy atom. The summed E-state index contributed by atoms with van der Waals surface area (Å²) in [5, 5.41) is 14.8. The summed E-state index contributed by atoms with van der Waals surface area (Å²) in [5.74, 6) is -2.07. The Kier molecular flexibility index (Phi) is 9.62. The molecular weight excluding hydrogens is 476 g/mol. The lowest BCUT2D eigenvalue weighted by Gasteiger charge is -2.35. The SMILES string of the molecule is COc1ccc(CN2CCN(C(=O)c3ccc(-c4ccccc4)cc3)CC2)cc1OC.O=C(O)C(=O)O. The zero-order valence-corrected chi connectivity index (χ0v) is 20.8. The number of benzene rings is 3. The molecule has 0 radical (unpaired) electrons. The molecule has 1 heterocycles. The first-order valence-electron chi connectivity index (χ1n) is 11.7. The third-order valence-corrected chi connectivity index (χ3v) is 5.94. The molecule has 4 rings (SSSR count). The summed E-state index contributed by atoms with van der Waals surface area (Å²) >= 11 is 0. The first-order chi connectivity index (χ1) is 17.8. The molecule has 2 N–H and O–H groups in total. The number of methoxy groups -OCH3 is 2. The van der Waals surface area contributed by atoms with Gasteiger partial charge in [-0.3, -0.25) is 9.69 Å². The van der Waals surface area contributed by atoms with Crippen molar-refractivity contribution < 1.29 is 34.1 Å². The number of amides is 1. The highest BCUT2D eigenvalue weighted by atomic mass is 16.5. The van der Waals surface area contributed by atoms with E-state index in [1.54, 1.807) is 14.2 Å². The van der Waals surface area contributed by atoms with Gasteiger partial charge in [0.1, 0.15) is 0 Å². The summed E-state index contributed by atoms with van der Waals surface area (Å²) in [6.45, 7) is 3.98. The van der Waals surface area contributed by atoms with Gasteiger partial charge in [-0.15, -0.1) is 0 Å². The molecule has 0 spiro atoms. The summed E-state index contributed by atoms with van der Waals surface area (Å²) in [6.07, 6.45) is 0. The van der Waals surface area contributed by atoms with Crippen LogP contribution >= 0.6 is 0 Å². The van der Waals surface area contributed by atoms with Crippen molar-refractivity contribution >= 4 is 17.8 Å². The number of carboxylic acids is 2. The Morgan fingerprint density at radius 3 is 1.84 bits per heavy atom. The van der Waals surface area contributed by atoms with Gasteiger partial charge in [0.15, 0.2) is 11.5 Å². The predicted octanol–water partition coefficient (Wildman–Crippen LogP) is 3.48. The highest BCUT2D eigenvalue weighted by molar-refractivity contribution is 6.27. The lowest BCUT2D eigenvalue weighted by Crippen LogP contribution is -2.48. The molecule has 0 saturated carbocycles. The van der Waals surface area contributed by atoms with Crippen LogP contribution in [-0.4, -0.2) is 78.3 Å². The van der Waals surface area contributed by atoms with E-state index in [2.05, 4.69) is 23.1 Å². The normalized spacial score (nSPS) is 13.2. The highest BCUT2D eigenvalue weighted by Crippen LogP contribution is 2.28. The lowest BCUT2D eigenvalue weighted by molar-refractivity contribution is -0.159. The molecule has 3 aromatic carbocycles. The second-order valence-corrected chi connectivity index (χ2v) is 8.31. The standard InChI is InChI=1S/C26H28N2O3.C2H2O4/c1-30-24-13-8-20(18-25(24)31-2)19-27-14-16-28(17-15-27)26(29)23-11-9-22(10-12-23)21-6-4-3-5-7-21;3-1(4)2(5)6/h3-13,18H,14-17,19H2,1-2H3;(H,3,4)(H,5,6). The van der Waals surface area contributed by atoms with E-state index in [9.17, 15) is 4.79 Å². The van der Waals surface area contributed by atoms with Crippen molar-refractivity contribution in [2.45, 2.75) is 6.54 Å². The van der Waals surface area contributed by atoms with E-state index < -0.39 is 11.9 Å². The van der Waals surface area contributed by atoms with Crippen LogP contribution in [0.2, 0.25) is 0 Å². The molecule has 1 saturated heterocycles. The van der Waals surface area contributed by atoms with Crippen molar-refractivity contribution in [2.24, 2.45) is 0 Å². The second kappa shape index (κ2) is 13.1. The molecule has 1 aliphatic heterocycles. The quantitative estimate of drug-likeness (QED) is 0.488. The molecule has 3 aromatic rings. The summed E-state index contributed by atoms with van der Waals surface area (Å²) in [6, 6.07) is 24.1. The van der Waals surface area contributed by atoms with Crippen LogP contribution in [0.5, 0.6) is 11.5 Å². The number of carbonyl (C=O) groups excluding carboxylic acids is 1. The third kappa shape index (κ3) is 7.55. The fourth-order valence-corrected chi connectivity index (χ4v) is 3.96. The molecule has 0 aromatic heterocycles. The number of aliphatic carboxylic acids is 2. The van der Waals surface area contributed by atoms with Gasteiger partial charge in [0, 0.05) is 38.3 Å². The fraction of sp³-hybridized carbons (Fsp3) is 0.250. The maximum absolute atomic E-state index is 12.9. The Labute approximate surface area is 215 Å². The van der Waals surface area contributed by atoms with Gasteiger partial charge in [-0.05, 0) is 41.0 Å². The van der Waals surface area contributed by atoms with Gasteiger partial charge in [-0.25, -0.2) is 9.59 Å². The number of carbonyl (C=O) groups is 3. The number of ether oxygens (including phenoxy) is 2. The molecule has 194 valence electrons. The van der Waals surface area contributed by atoms with Gasteiger partial charge in [0.05, 0.1) is 14.2 Å². The zero-order valence-electron chi connectivity index (χ0n) is 20.8. The van der Waals surface area contributed by atoms with E-state index in [1.807, 2.05) is 59.5 Å². The minimum absolute atomic E-state index is 0.102. The minimum Gasteiger partial charge on any atom is -0.493 e. The van der Waals surface area contributed by atoms with E-state index in [0.29, 0.717) is 0 Å². The average molecular weight is 507 g/mol. The van der Waals surface area contributed by atoms with E-state index in [-0.39, 0.29) is 5.91 Å². The third-order valence-electron chi connectivity index (χ3n) is 5.94. The molecule has 9 nitrogen and oxygen atoms in total. The van der Waals surface area contributed by atoms with Gasteiger partial charge in [0.2, 0.25) is 0 Å². The van der Waals surface area contributed by atoms with Gasteiger partial charge < -0.3 is 24.6 Å². The van der Waals surface area contributed by atoms with Crippen LogP contribution in [-0.2, 0) is 16.1 Å². The molecule has 37 heavy (non-hydrogen) atoms. The molecule has 0 unspecified atom stereocenters. The van der Waals surface area contributed by atoms with Crippen LogP contribution in [0.1, 0.15) is 15.9 Å². The zero-order chi connectivity index (χ0) is 26.8. The molecule has 0 atom stereocenters. The molecule has 1 amide bonds. The molecule has 1 fully saturated rings. The smallest absolute Gasteiger partial charge is 0.414 e. The Morgan fingerprint density at radius 2 is 1.30 bits per heavy atom. The number of hydrogen-bond donors (Lipinski definition) is 2. The van der Waals surface area contributed by atoms with Gasteiger partial charge in [-0.1, -0.05) is 48.5 Å². The first kappa shape index (κ1) is 27.2. The van der Waals surface area contributed by atoms with Gasteiger partial charge in [0.25, 0.3) is 5.91 Å². The number of piperazine rings is 1. The summed E-state index contributed by atoms with van der Waals surface area (Å²) < 4.78 is 10.7. The van der Waals surface area contributed by atoms with E-state index >= 15 is 0 Å². The number of hydrogen-bond acceptors (Lipinski definition) is 6. The average Bonchev–Trinajstić information content (AvgIpc) is 2.94. The number of carboxylic acid groups (broad SMARTS) is 2. The molecule has 9 heteroatoms. The Balaban J connectivity index is 0.000000568. The monoisotopic (exact) mass is 506 g/mol. The largest absolute Gasteiger partial charge is 0.493 e. The van der Waals surface area contributed by atoms with Crippen molar-refractivity contribution in [2.75, 3.05) is 40.4 Å². The number of nitrogens with zero attached hydrogens (tertiary/aromatic N) is 2. The predicted molar refractivity (Wildman–Crippen MR) is 138 cm³/mol. The summed E-state index contributed by atoms with van der Waals surface area (Å²) in [4.78, 5) is 35.5. The molecular formula is C28H30N2O7.